The topological polar surface area (TPSA) is 92.7 Å². The largest absolute Gasteiger partial charge is 0.368 e. The number of hydrogen-bond donors (Lipinski definition) is 0. The predicted octanol–water partition coefficient (Wildman–Crippen LogP) is 3.52. The summed E-state index contributed by atoms with van der Waals surface area (Å²) in [5.41, 5.74) is 3.67. The first-order valence-corrected chi connectivity index (χ1v) is 9.34. The second kappa shape index (κ2) is 7.75. The molecule has 29 heavy (non-hydrogen) atoms. The van der Waals surface area contributed by atoms with E-state index in [0.29, 0.717) is 31.9 Å². The molecule has 4 rings (SSSR count). The number of nitrogens with zero attached hydrogens (tertiary/aromatic N) is 4. The highest BCUT2D eigenvalue weighted by Crippen LogP contribution is 2.23. The number of rotatable bonds is 4. The van der Waals surface area contributed by atoms with Crippen LogP contribution in [0.25, 0.3) is 11.3 Å². The van der Waals surface area contributed by atoms with Gasteiger partial charge < -0.3 is 14.3 Å². The maximum absolute atomic E-state index is 12.8. The Hall–Kier alpha value is -3.68. The summed E-state index contributed by atoms with van der Waals surface area (Å²) >= 11 is 0. The maximum Gasteiger partial charge on any atom is 0.292 e. The molecule has 1 saturated heterocycles. The molecular weight excluding hydrogens is 372 g/mol. The van der Waals surface area contributed by atoms with E-state index < -0.39 is 4.92 Å². The van der Waals surface area contributed by atoms with E-state index >= 15 is 0 Å². The fraction of sp³-hybridized carbons (Fsp3) is 0.238. The molecule has 8 heteroatoms. The van der Waals surface area contributed by atoms with E-state index in [4.69, 9.17) is 4.52 Å². The Bertz CT molecular complexity index is 1020. The number of carbonyl (C=O) groups is 1. The van der Waals surface area contributed by atoms with Crippen LogP contribution in [0.4, 0.5) is 11.4 Å². The van der Waals surface area contributed by atoms with Crippen LogP contribution in [0, 0.1) is 17.0 Å². The molecule has 0 atom stereocenters. The average Bonchev–Trinajstić information content (AvgIpc) is 3.24. The van der Waals surface area contributed by atoms with Gasteiger partial charge in [0.15, 0.2) is 0 Å². The molecule has 1 aromatic heterocycles. The lowest BCUT2D eigenvalue weighted by Crippen LogP contribution is -2.48. The number of benzene rings is 2. The number of amides is 1. The fourth-order valence-corrected chi connectivity index (χ4v) is 3.35. The van der Waals surface area contributed by atoms with Crippen LogP contribution in [0.15, 0.2) is 59.1 Å². The third-order valence-electron chi connectivity index (χ3n) is 5.06. The first-order chi connectivity index (χ1) is 14.0. The number of non-ortho nitro benzene ring substituents is 1. The van der Waals surface area contributed by atoms with Crippen molar-refractivity contribution < 1.29 is 14.2 Å². The lowest BCUT2D eigenvalue weighted by Gasteiger charge is -2.35. The Labute approximate surface area is 167 Å². The van der Waals surface area contributed by atoms with Crippen molar-refractivity contribution in [1.29, 1.82) is 0 Å². The summed E-state index contributed by atoms with van der Waals surface area (Å²) in [5.74, 6) is 0.0450. The van der Waals surface area contributed by atoms with Crippen LogP contribution < -0.4 is 4.90 Å². The summed E-state index contributed by atoms with van der Waals surface area (Å²) in [6.45, 7) is 4.37. The van der Waals surface area contributed by atoms with Gasteiger partial charge in [-0.1, -0.05) is 35.0 Å². The Morgan fingerprint density at radius 2 is 1.69 bits per heavy atom. The summed E-state index contributed by atoms with van der Waals surface area (Å²) in [7, 11) is 0. The van der Waals surface area contributed by atoms with Crippen molar-refractivity contribution in [3.05, 3.63) is 76.0 Å². The number of anilines is 1. The molecule has 2 heterocycles. The monoisotopic (exact) mass is 392 g/mol. The minimum atomic E-state index is -0.414. The molecule has 1 fully saturated rings. The minimum Gasteiger partial charge on any atom is -0.368 e. The van der Waals surface area contributed by atoms with Gasteiger partial charge in [-0.3, -0.25) is 14.9 Å². The molecule has 0 spiro atoms. The third kappa shape index (κ3) is 3.96. The zero-order valence-electron chi connectivity index (χ0n) is 15.9. The third-order valence-corrected chi connectivity index (χ3v) is 5.06. The molecule has 3 aromatic rings. The molecule has 148 valence electrons. The van der Waals surface area contributed by atoms with E-state index in [1.54, 1.807) is 23.1 Å². The maximum atomic E-state index is 12.8. The molecule has 0 bridgehead atoms. The van der Waals surface area contributed by atoms with Crippen LogP contribution in [0.3, 0.4) is 0 Å². The molecule has 2 aromatic carbocycles. The number of hydrogen-bond acceptors (Lipinski definition) is 6. The second-order valence-corrected chi connectivity index (χ2v) is 7.00. The number of nitro benzene ring substituents is 1. The van der Waals surface area contributed by atoms with E-state index in [9.17, 15) is 14.9 Å². The quantitative estimate of drug-likeness (QED) is 0.498. The second-order valence-electron chi connectivity index (χ2n) is 7.00. The van der Waals surface area contributed by atoms with Gasteiger partial charge in [-0.15, -0.1) is 0 Å². The van der Waals surface area contributed by atoms with Gasteiger partial charge in [-0.05, 0) is 19.1 Å². The molecule has 0 aliphatic carbocycles. The van der Waals surface area contributed by atoms with Gasteiger partial charge in [0.1, 0.15) is 5.69 Å². The molecular formula is C21H20N4O4. The van der Waals surface area contributed by atoms with E-state index in [1.807, 2.05) is 31.2 Å². The Morgan fingerprint density at radius 1 is 1.03 bits per heavy atom. The molecule has 8 nitrogen and oxygen atoms in total. The summed E-state index contributed by atoms with van der Waals surface area (Å²) < 4.78 is 5.29. The first-order valence-electron chi connectivity index (χ1n) is 9.34. The number of nitro groups is 1. The first kappa shape index (κ1) is 18.7. The highest BCUT2D eigenvalue weighted by atomic mass is 16.6. The molecule has 1 amide bonds. The summed E-state index contributed by atoms with van der Waals surface area (Å²) in [6, 6.07) is 16.0. The Morgan fingerprint density at radius 3 is 2.31 bits per heavy atom. The Kier molecular flexibility index (Phi) is 4.99. The highest BCUT2D eigenvalue weighted by Gasteiger charge is 2.25. The number of aryl methyl sites for hydroxylation is 1. The van der Waals surface area contributed by atoms with Crippen molar-refractivity contribution in [1.82, 2.24) is 10.1 Å². The van der Waals surface area contributed by atoms with Crippen molar-refractivity contribution in [2.24, 2.45) is 0 Å². The van der Waals surface area contributed by atoms with Crippen LogP contribution in [0.1, 0.15) is 16.1 Å². The van der Waals surface area contributed by atoms with Crippen LogP contribution in [0.2, 0.25) is 0 Å². The molecule has 1 aliphatic heterocycles. The van der Waals surface area contributed by atoms with Gasteiger partial charge in [0.25, 0.3) is 11.6 Å². The van der Waals surface area contributed by atoms with Crippen molar-refractivity contribution >= 4 is 17.3 Å². The number of carbonyl (C=O) groups excluding carboxylic acids is 1. The Balaban J connectivity index is 1.39. The zero-order chi connectivity index (χ0) is 20.4. The van der Waals surface area contributed by atoms with Gasteiger partial charge in [0, 0.05) is 55.6 Å². The van der Waals surface area contributed by atoms with Crippen LogP contribution in [-0.2, 0) is 0 Å². The SMILES string of the molecule is Cc1ccc(-c2cc(C(=O)N3CCN(c4ccc([N+](=O)[O-])cc4)CC3)on2)cc1. The van der Waals surface area contributed by atoms with E-state index in [1.165, 1.54) is 12.1 Å². The highest BCUT2D eigenvalue weighted by molar-refractivity contribution is 5.92. The average molecular weight is 392 g/mol. The molecule has 0 radical (unpaired) electrons. The van der Waals surface area contributed by atoms with Gasteiger partial charge >= 0.3 is 0 Å². The van der Waals surface area contributed by atoms with Gasteiger partial charge in [-0.2, -0.15) is 0 Å². The predicted molar refractivity (Wildman–Crippen MR) is 108 cm³/mol. The lowest BCUT2D eigenvalue weighted by atomic mass is 10.1. The van der Waals surface area contributed by atoms with Gasteiger partial charge in [-0.25, -0.2) is 0 Å². The zero-order valence-corrected chi connectivity index (χ0v) is 15.9. The molecule has 0 unspecified atom stereocenters. The van der Waals surface area contributed by atoms with Crippen molar-refractivity contribution in [3.63, 3.8) is 0 Å². The van der Waals surface area contributed by atoms with Crippen LogP contribution >= 0.6 is 0 Å². The van der Waals surface area contributed by atoms with Gasteiger partial charge in [0.05, 0.1) is 4.92 Å². The fourth-order valence-electron chi connectivity index (χ4n) is 3.35. The van der Waals surface area contributed by atoms with E-state index in [-0.39, 0.29) is 17.4 Å². The van der Waals surface area contributed by atoms with E-state index in [2.05, 4.69) is 10.1 Å². The summed E-state index contributed by atoms with van der Waals surface area (Å²) in [4.78, 5) is 27.0. The minimum absolute atomic E-state index is 0.0669. The van der Waals surface area contributed by atoms with Gasteiger partial charge in [0.2, 0.25) is 5.76 Å². The summed E-state index contributed by atoms with van der Waals surface area (Å²) in [5, 5.41) is 14.8. The molecule has 0 N–H and O–H groups in total. The normalized spacial score (nSPS) is 14.1. The number of aromatic nitrogens is 1. The van der Waals surface area contributed by atoms with Crippen molar-refractivity contribution in [2.45, 2.75) is 6.92 Å². The standard InChI is InChI=1S/C21H20N4O4/c1-15-2-4-16(5-3-15)19-14-20(29-22-19)21(26)24-12-10-23(11-13-24)17-6-8-18(9-7-17)25(27)28/h2-9,14H,10-13H2,1H3. The lowest BCUT2D eigenvalue weighted by molar-refractivity contribution is -0.384. The van der Waals surface area contributed by atoms with Crippen molar-refractivity contribution in [3.8, 4) is 11.3 Å². The van der Waals surface area contributed by atoms with Crippen LogP contribution in [-0.4, -0.2) is 47.1 Å². The number of piperazine rings is 1. The van der Waals surface area contributed by atoms with Crippen LogP contribution in [0.5, 0.6) is 0 Å². The molecule has 0 saturated carbocycles. The smallest absolute Gasteiger partial charge is 0.292 e. The van der Waals surface area contributed by atoms with E-state index in [0.717, 1.165) is 16.8 Å². The molecule has 1 aliphatic rings. The summed E-state index contributed by atoms with van der Waals surface area (Å²) in [6.07, 6.45) is 0. The van der Waals surface area contributed by atoms with Crippen molar-refractivity contribution in [2.75, 3.05) is 31.1 Å².